The van der Waals surface area contributed by atoms with Crippen LogP contribution in [0, 0.1) is 5.41 Å². The van der Waals surface area contributed by atoms with E-state index in [0.29, 0.717) is 6.54 Å². The summed E-state index contributed by atoms with van der Waals surface area (Å²) in [7, 11) is 1.67. The van der Waals surface area contributed by atoms with Crippen molar-refractivity contribution in [3.63, 3.8) is 0 Å². The van der Waals surface area contributed by atoms with Crippen LogP contribution >= 0.6 is 0 Å². The highest BCUT2D eigenvalue weighted by atomic mass is 16.5. The Kier molecular flexibility index (Phi) is 3.42. The first kappa shape index (κ1) is 13.4. The van der Waals surface area contributed by atoms with Crippen molar-refractivity contribution in [1.29, 1.82) is 0 Å². The lowest BCUT2D eigenvalue weighted by molar-refractivity contribution is -0.137. The Bertz CT molecular complexity index is 494. The van der Waals surface area contributed by atoms with Gasteiger partial charge < -0.3 is 15.4 Å². The summed E-state index contributed by atoms with van der Waals surface area (Å²) in [4.78, 5) is 14.7. The van der Waals surface area contributed by atoms with E-state index < -0.39 is 0 Å². The highest BCUT2D eigenvalue weighted by molar-refractivity contribution is 5.86. The van der Waals surface area contributed by atoms with Crippen LogP contribution < -0.4 is 10.5 Å². The zero-order valence-corrected chi connectivity index (χ0v) is 12.0. The predicted octanol–water partition coefficient (Wildman–Crippen LogP) is 2.10. The van der Waals surface area contributed by atoms with Crippen molar-refractivity contribution >= 4 is 5.91 Å². The Labute approximate surface area is 119 Å². The molecule has 1 aliphatic carbocycles. The number of carbonyl (C=O) groups is 1. The Balaban J connectivity index is 1.79. The number of hydrogen-bond donors (Lipinski definition) is 1. The summed E-state index contributed by atoms with van der Waals surface area (Å²) in [5.41, 5.74) is 6.75. The van der Waals surface area contributed by atoms with Crippen LogP contribution in [0.15, 0.2) is 24.3 Å². The van der Waals surface area contributed by atoms with Crippen LogP contribution in [0.25, 0.3) is 0 Å². The van der Waals surface area contributed by atoms with Gasteiger partial charge in [-0.05, 0) is 43.4 Å². The second-order valence-corrected chi connectivity index (χ2v) is 5.91. The summed E-state index contributed by atoms with van der Waals surface area (Å²) in [5, 5.41) is 0. The molecule has 2 aliphatic rings. The number of hydrogen-bond acceptors (Lipinski definition) is 3. The van der Waals surface area contributed by atoms with Crippen molar-refractivity contribution in [2.24, 2.45) is 11.1 Å². The first-order valence-electron chi connectivity index (χ1n) is 7.35. The van der Waals surface area contributed by atoms with Gasteiger partial charge in [-0.25, -0.2) is 0 Å². The number of ether oxygens (including phenoxy) is 1. The molecule has 0 aromatic heterocycles. The van der Waals surface area contributed by atoms with Crippen LogP contribution in [0.3, 0.4) is 0 Å². The van der Waals surface area contributed by atoms with Crippen molar-refractivity contribution < 1.29 is 9.53 Å². The number of amides is 1. The minimum absolute atomic E-state index is 0.206. The Morgan fingerprint density at radius 1 is 1.40 bits per heavy atom. The zero-order valence-electron chi connectivity index (χ0n) is 12.0. The minimum Gasteiger partial charge on any atom is -0.497 e. The van der Waals surface area contributed by atoms with Crippen molar-refractivity contribution in [1.82, 2.24) is 4.90 Å². The number of rotatable bonds is 4. The molecule has 2 fully saturated rings. The minimum atomic E-state index is -0.241. The molecule has 1 saturated heterocycles. The number of carbonyl (C=O) groups excluding carboxylic acids is 1. The van der Waals surface area contributed by atoms with Gasteiger partial charge in [0, 0.05) is 13.1 Å². The van der Waals surface area contributed by atoms with Gasteiger partial charge in [-0.15, -0.1) is 0 Å². The fraction of sp³-hybridized carbons (Fsp3) is 0.562. The molecule has 3 rings (SSSR count). The molecular weight excluding hydrogens is 252 g/mol. The lowest BCUT2D eigenvalue weighted by Crippen LogP contribution is -2.40. The number of benzene rings is 1. The van der Waals surface area contributed by atoms with E-state index in [2.05, 4.69) is 12.1 Å². The van der Waals surface area contributed by atoms with Gasteiger partial charge in [0.25, 0.3) is 0 Å². The van der Waals surface area contributed by atoms with E-state index in [1.165, 1.54) is 5.56 Å². The molecule has 1 heterocycles. The predicted molar refractivity (Wildman–Crippen MR) is 77.4 cm³/mol. The van der Waals surface area contributed by atoms with Crippen LogP contribution in [0.2, 0.25) is 0 Å². The molecule has 1 saturated carbocycles. The fourth-order valence-electron chi connectivity index (χ4n) is 3.14. The Hall–Kier alpha value is -1.55. The van der Waals surface area contributed by atoms with Crippen molar-refractivity contribution in [3.8, 4) is 5.75 Å². The summed E-state index contributed by atoms with van der Waals surface area (Å²) in [6.45, 7) is 1.34. The fourth-order valence-corrected chi connectivity index (χ4v) is 3.14. The molecule has 1 aliphatic heterocycles. The van der Waals surface area contributed by atoms with E-state index in [1.54, 1.807) is 7.11 Å². The standard InChI is InChI=1S/C16H22N2O2/c1-20-13-6-4-12(5-7-13)14-3-2-10-18(14)15(19)16(11-17)8-9-16/h4-7,14H,2-3,8-11,17H2,1H3. The average Bonchev–Trinajstić information content (AvgIpc) is 3.16. The molecular formula is C16H22N2O2. The zero-order chi connectivity index (χ0) is 14.2. The molecule has 2 N–H and O–H groups in total. The highest BCUT2D eigenvalue weighted by Crippen LogP contribution is 2.48. The number of nitrogens with zero attached hydrogens (tertiary/aromatic N) is 1. The molecule has 0 spiro atoms. The molecule has 20 heavy (non-hydrogen) atoms. The quantitative estimate of drug-likeness (QED) is 0.914. The lowest BCUT2D eigenvalue weighted by Gasteiger charge is -2.29. The first-order valence-corrected chi connectivity index (χ1v) is 7.35. The molecule has 0 radical (unpaired) electrons. The van der Waals surface area contributed by atoms with Gasteiger partial charge in [0.05, 0.1) is 18.6 Å². The SMILES string of the molecule is COc1ccc(C2CCCN2C(=O)C2(CN)CC2)cc1. The number of nitrogens with two attached hydrogens (primary N) is 1. The van der Waals surface area contributed by atoms with E-state index in [9.17, 15) is 4.79 Å². The topological polar surface area (TPSA) is 55.6 Å². The third-order valence-electron chi connectivity index (χ3n) is 4.71. The van der Waals surface area contributed by atoms with Gasteiger partial charge in [0.1, 0.15) is 5.75 Å². The maximum atomic E-state index is 12.7. The molecule has 4 nitrogen and oxygen atoms in total. The highest BCUT2D eigenvalue weighted by Gasteiger charge is 2.52. The summed E-state index contributed by atoms with van der Waals surface area (Å²) < 4.78 is 5.19. The summed E-state index contributed by atoms with van der Waals surface area (Å²) in [6, 6.07) is 8.27. The summed E-state index contributed by atoms with van der Waals surface area (Å²) >= 11 is 0. The van der Waals surface area contributed by atoms with Gasteiger partial charge in [-0.3, -0.25) is 4.79 Å². The molecule has 4 heteroatoms. The maximum absolute atomic E-state index is 12.7. The van der Waals surface area contributed by atoms with Crippen LogP contribution in [0.5, 0.6) is 5.75 Å². The van der Waals surface area contributed by atoms with Crippen LogP contribution in [0.1, 0.15) is 37.3 Å². The van der Waals surface area contributed by atoms with Gasteiger partial charge in [-0.1, -0.05) is 12.1 Å². The van der Waals surface area contributed by atoms with Gasteiger partial charge >= 0.3 is 0 Å². The second-order valence-electron chi connectivity index (χ2n) is 5.91. The van der Waals surface area contributed by atoms with E-state index in [-0.39, 0.29) is 17.4 Å². The summed E-state index contributed by atoms with van der Waals surface area (Å²) in [5.74, 6) is 1.11. The second kappa shape index (κ2) is 5.09. The smallest absolute Gasteiger partial charge is 0.230 e. The number of methoxy groups -OCH3 is 1. The molecule has 0 bridgehead atoms. The molecule has 108 valence electrons. The third kappa shape index (κ3) is 2.18. The normalized spacial score (nSPS) is 23.7. The van der Waals surface area contributed by atoms with Crippen LogP contribution in [-0.4, -0.2) is 31.0 Å². The van der Waals surface area contributed by atoms with E-state index in [4.69, 9.17) is 10.5 Å². The van der Waals surface area contributed by atoms with Crippen molar-refractivity contribution in [2.75, 3.05) is 20.2 Å². The Morgan fingerprint density at radius 3 is 2.65 bits per heavy atom. The molecule has 1 atom stereocenters. The van der Waals surface area contributed by atoms with E-state index >= 15 is 0 Å². The molecule has 1 unspecified atom stereocenters. The monoisotopic (exact) mass is 274 g/mol. The van der Waals surface area contributed by atoms with Crippen LogP contribution in [-0.2, 0) is 4.79 Å². The van der Waals surface area contributed by atoms with E-state index in [1.807, 2.05) is 17.0 Å². The Morgan fingerprint density at radius 2 is 2.10 bits per heavy atom. The molecule has 1 amide bonds. The summed E-state index contributed by atoms with van der Waals surface area (Å²) in [6.07, 6.45) is 4.02. The van der Waals surface area contributed by atoms with Gasteiger partial charge in [0.15, 0.2) is 0 Å². The third-order valence-corrected chi connectivity index (χ3v) is 4.71. The van der Waals surface area contributed by atoms with Crippen molar-refractivity contribution in [2.45, 2.75) is 31.7 Å². The van der Waals surface area contributed by atoms with Gasteiger partial charge in [0.2, 0.25) is 5.91 Å². The first-order chi connectivity index (χ1) is 9.70. The largest absolute Gasteiger partial charge is 0.497 e. The van der Waals surface area contributed by atoms with Crippen molar-refractivity contribution in [3.05, 3.63) is 29.8 Å². The average molecular weight is 274 g/mol. The molecule has 1 aromatic rings. The number of likely N-dealkylation sites (tertiary alicyclic amines) is 1. The van der Waals surface area contributed by atoms with Crippen LogP contribution in [0.4, 0.5) is 0 Å². The van der Waals surface area contributed by atoms with E-state index in [0.717, 1.165) is 38.0 Å². The van der Waals surface area contributed by atoms with Gasteiger partial charge in [-0.2, -0.15) is 0 Å². The molecule has 1 aromatic carbocycles. The lowest BCUT2D eigenvalue weighted by atomic mass is 10.0. The maximum Gasteiger partial charge on any atom is 0.230 e.